The molecule has 0 radical (unpaired) electrons. The van der Waals surface area contributed by atoms with Crippen molar-refractivity contribution in [1.82, 2.24) is 9.80 Å². The Morgan fingerprint density at radius 1 is 1.08 bits per heavy atom. The van der Waals surface area contributed by atoms with Crippen LogP contribution in [0.25, 0.3) is 0 Å². The highest BCUT2D eigenvalue weighted by Gasteiger charge is 2.13. The van der Waals surface area contributed by atoms with Crippen LogP contribution in [-0.4, -0.2) is 41.1 Å². The predicted molar refractivity (Wildman–Crippen MR) is 115 cm³/mol. The van der Waals surface area contributed by atoms with Crippen molar-refractivity contribution < 1.29 is 0 Å². The van der Waals surface area contributed by atoms with Crippen molar-refractivity contribution in [3.05, 3.63) is 51.7 Å². The molecule has 0 aliphatic heterocycles. The standard InChI is InChI=1S/C20H29N3S2/c1-5-22(6-2)9-10-23(15-19-8-7-11-25-19)20(24)21-18-13-16(3)12-17(4)14-18/h7-8,11-14H,5-6,9-10,15H2,1-4H3,(H,21,24). The van der Waals surface area contributed by atoms with E-state index < -0.39 is 0 Å². The molecule has 1 aromatic carbocycles. The number of likely N-dealkylation sites (N-methyl/N-ethyl adjacent to an activating group) is 1. The zero-order valence-electron chi connectivity index (χ0n) is 15.7. The molecule has 0 saturated carbocycles. The van der Waals surface area contributed by atoms with Crippen molar-refractivity contribution in [3.63, 3.8) is 0 Å². The Morgan fingerprint density at radius 2 is 1.76 bits per heavy atom. The van der Waals surface area contributed by atoms with Gasteiger partial charge >= 0.3 is 0 Å². The van der Waals surface area contributed by atoms with E-state index in [1.54, 1.807) is 11.3 Å². The van der Waals surface area contributed by atoms with E-state index in [4.69, 9.17) is 12.2 Å². The van der Waals surface area contributed by atoms with Crippen molar-refractivity contribution in [3.8, 4) is 0 Å². The first-order valence-electron chi connectivity index (χ1n) is 8.90. The minimum Gasteiger partial charge on any atom is -0.343 e. The highest BCUT2D eigenvalue weighted by molar-refractivity contribution is 7.80. The van der Waals surface area contributed by atoms with Gasteiger partial charge in [0.15, 0.2) is 5.11 Å². The van der Waals surface area contributed by atoms with E-state index in [2.05, 4.69) is 78.5 Å². The normalized spacial score (nSPS) is 10.9. The van der Waals surface area contributed by atoms with Gasteiger partial charge in [-0.1, -0.05) is 26.0 Å². The third kappa shape index (κ3) is 6.42. The molecular formula is C20H29N3S2. The number of hydrogen-bond donors (Lipinski definition) is 1. The second-order valence-corrected chi connectivity index (χ2v) is 7.75. The highest BCUT2D eigenvalue weighted by Crippen LogP contribution is 2.17. The van der Waals surface area contributed by atoms with Crippen molar-refractivity contribution >= 4 is 34.4 Å². The van der Waals surface area contributed by atoms with Crippen molar-refractivity contribution in [1.29, 1.82) is 0 Å². The third-order valence-electron chi connectivity index (χ3n) is 4.27. The van der Waals surface area contributed by atoms with Crippen LogP contribution in [0.4, 0.5) is 5.69 Å². The Kier molecular flexibility index (Phi) is 7.88. The van der Waals surface area contributed by atoms with Gasteiger partial charge in [0.1, 0.15) is 0 Å². The lowest BCUT2D eigenvalue weighted by Gasteiger charge is -2.28. The molecule has 0 amide bonds. The number of rotatable bonds is 8. The van der Waals surface area contributed by atoms with Crippen LogP contribution >= 0.6 is 23.6 Å². The van der Waals surface area contributed by atoms with E-state index in [1.165, 1.54) is 16.0 Å². The predicted octanol–water partition coefficient (Wildman–Crippen LogP) is 4.91. The summed E-state index contributed by atoms with van der Waals surface area (Å²) in [6.07, 6.45) is 0. The highest BCUT2D eigenvalue weighted by atomic mass is 32.1. The van der Waals surface area contributed by atoms with Gasteiger partial charge < -0.3 is 15.1 Å². The Bertz CT molecular complexity index is 643. The maximum atomic E-state index is 5.74. The summed E-state index contributed by atoms with van der Waals surface area (Å²) in [4.78, 5) is 6.04. The number of nitrogens with one attached hydrogen (secondary N) is 1. The largest absolute Gasteiger partial charge is 0.343 e. The lowest BCUT2D eigenvalue weighted by atomic mass is 10.1. The summed E-state index contributed by atoms with van der Waals surface area (Å²) in [5, 5.41) is 6.36. The van der Waals surface area contributed by atoms with E-state index in [9.17, 15) is 0 Å². The van der Waals surface area contributed by atoms with Gasteiger partial charge in [-0.3, -0.25) is 0 Å². The molecule has 0 aliphatic rings. The SMILES string of the molecule is CCN(CC)CCN(Cc1cccs1)C(=S)Nc1cc(C)cc(C)c1. The Labute approximate surface area is 161 Å². The Hall–Kier alpha value is -1.43. The van der Waals surface area contributed by atoms with Gasteiger partial charge in [0.2, 0.25) is 0 Å². The van der Waals surface area contributed by atoms with Crippen molar-refractivity contribution in [2.75, 3.05) is 31.5 Å². The first-order valence-corrected chi connectivity index (χ1v) is 10.2. The summed E-state index contributed by atoms with van der Waals surface area (Å²) < 4.78 is 0. The Balaban J connectivity index is 2.07. The van der Waals surface area contributed by atoms with E-state index in [-0.39, 0.29) is 0 Å². The summed E-state index contributed by atoms with van der Waals surface area (Å²) in [6, 6.07) is 10.7. The van der Waals surface area contributed by atoms with Crippen LogP contribution in [0.2, 0.25) is 0 Å². The van der Waals surface area contributed by atoms with Gasteiger partial charge in [-0.15, -0.1) is 11.3 Å². The maximum absolute atomic E-state index is 5.74. The van der Waals surface area contributed by atoms with Gasteiger partial charge in [0.25, 0.3) is 0 Å². The van der Waals surface area contributed by atoms with Gasteiger partial charge in [0, 0.05) is 23.7 Å². The quantitative estimate of drug-likeness (QED) is 0.661. The molecule has 1 N–H and O–H groups in total. The summed E-state index contributed by atoms with van der Waals surface area (Å²) >= 11 is 7.53. The van der Waals surface area contributed by atoms with Crippen LogP contribution in [-0.2, 0) is 6.54 Å². The molecule has 136 valence electrons. The van der Waals surface area contributed by atoms with Gasteiger partial charge in [-0.2, -0.15) is 0 Å². The molecule has 2 rings (SSSR count). The lowest BCUT2D eigenvalue weighted by molar-refractivity contribution is 0.267. The molecule has 0 bridgehead atoms. The van der Waals surface area contributed by atoms with Crippen molar-refractivity contribution in [2.45, 2.75) is 34.2 Å². The summed E-state index contributed by atoms with van der Waals surface area (Å²) in [5.74, 6) is 0. The fourth-order valence-electron chi connectivity index (χ4n) is 2.89. The number of benzene rings is 1. The van der Waals surface area contributed by atoms with Crippen LogP contribution in [0.5, 0.6) is 0 Å². The summed E-state index contributed by atoms with van der Waals surface area (Å²) in [6.45, 7) is 13.6. The molecule has 25 heavy (non-hydrogen) atoms. The van der Waals surface area contributed by atoms with Crippen LogP contribution in [0.3, 0.4) is 0 Å². The average Bonchev–Trinajstić information content (AvgIpc) is 3.06. The molecule has 0 fully saturated rings. The molecule has 5 heteroatoms. The molecule has 3 nitrogen and oxygen atoms in total. The zero-order valence-corrected chi connectivity index (χ0v) is 17.3. The van der Waals surface area contributed by atoms with Crippen LogP contribution in [0.1, 0.15) is 29.9 Å². The summed E-state index contributed by atoms with van der Waals surface area (Å²) in [5.41, 5.74) is 3.57. The fraction of sp³-hybridized carbons (Fsp3) is 0.450. The number of hydrogen-bond acceptors (Lipinski definition) is 3. The fourth-order valence-corrected chi connectivity index (χ4v) is 3.89. The van der Waals surface area contributed by atoms with Crippen LogP contribution in [0, 0.1) is 13.8 Å². The number of anilines is 1. The van der Waals surface area contributed by atoms with E-state index in [0.29, 0.717) is 0 Å². The van der Waals surface area contributed by atoms with Crippen molar-refractivity contribution in [2.24, 2.45) is 0 Å². The van der Waals surface area contributed by atoms with E-state index in [0.717, 1.165) is 43.5 Å². The summed E-state index contributed by atoms with van der Waals surface area (Å²) in [7, 11) is 0. The van der Waals surface area contributed by atoms with Crippen LogP contribution < -0.4 is 5.32 Å². The lowest BCUT2D eigenvalue weighted by Crippen LogP contribution is -2.40. The first-order chi connectivity index (χ1) is 12.0. The molecule has 0 unspecified atom stereocenters. The number of nitrogens with zero attached hydrogens (tertiary/aromatic N) is 2. The monoisotopic (exact) mass is 375 g/mol. The molecule has 0 aliphatic carbocycles. The molecule has 1 aromatic heterocycles. The number of thiophene rings is 1. The van der Waals surface area contributed by atoms with Gasteiger partial charge in [-0.05, 0) is 73.9 Å². The number of aryl methyl sites for hydroxylation is 2. The number of thiocarbonyl (C=S) groups is 1. The van der Waals surface area contributed by atoms with Gasteiger partial charge in [-0.25, -0.2) is 0 Å². The zero-order chi connectivity index (χ0) is 18.2. The molecular weight excluding hydrogens is 346 g/mol. The molecule has 1 heterocycles. The molecule has 0 saturated heterocycles. The van der Waals surface area contributed by atoms with E-state index in [1.807, 2.05) is 0 Å². The maximum Gasteiger partial charge on any atom is 0.173 e. The molecule has 0 spiro atoms. The topological polar surface area (TPSA) is 18.5 Å². The van der Waals surface area contributed by atoms with E-state index >= 15 is 0 Å². The first kappa shape index (κ1) is 19.9. The minimum absolute atomic E-state index is 0.797. The smallest absolute Gasteiger partial charge is 0.173 e. The average molecular weight is 376 g/mol. The van der Waals surface area contributed by atoms with Crippen LogP contribution in [0.15, 0.2) is 35.7 Å². The molecule has 2 aromatic rings. The second kappa shape index (κ2) is 9.90. The van der Waals surface area contributed by atoms with Gasteiger partial charge in [0.05, 0.1) is 6.54 Å². The molecule has 0 atom stereocenters. The second-order valence-electron chi connectivity index (χ2n) is 6.33. The Morgan fingerprint density at radius 3 is 2.32 bits per heavy atom. The minimum atomic E-state index is 0.797. The third-order valence-corrected chi connectivity index (χ3v) is 5.49.